The third-order valence-corrected chi connectivity index (χ3v) is 4.86. The Morgan fingerprint density at radius 1 is 1.32 bits per heavy atom. The molecule has 0 saturated carbocycles. The van der Waals surface area contributed by atoms with Crippen LogP contribution in [0.2, 0.25) is 0 Å². The molecule has 5 nitrogen and oxygen atoms in total. The molecule has 0 aliphatic carbocycles. The number of nitrogens with one attached hydrogen (secondary N) is 2. The lowest BCUT2D eigenvalue weighted by atomic mass is 10.1. The number of carbonyl (C=O) groups is 1. The fourth-order valence-corrected chi connectivity index (χ4v) is 3.79. The molecule has 1 aromatic rings. The zero-order valence-electron chi connectivity index (χ0n) is 10.8. The Labute approximate surface area is 113 Å². The molecule has 19 heavy (non-hydrogen) atoms. The number of benzene rings is 1. The van der Waals surface area contributed by atoms with Crippen molar-refractivity contribution in [3.63, 3.8) is 0 Å². The van der Waals surface area contributed by atoms with Crippen LogP contribution in [0.15, 0.2) is 24.3 Å². The first-order valence-electron chi connectivity index (χ1n) is 6.35. The Balaban J connectivity index is 1.96. The zero-order chi connectivity index (χ0) is 13.9. The predicted molar refractivity (Wildman–Crippen MR) is 75.1 cm³/mol. The van der Waals surface area contributed by atoms with Gasteiger partial charge in [0.15, 0.2) is 9.84 Å². The van der Waals surface area contributed by atoms with E-state index < -0.39 is 9.84 Å². The zero-order valence-corrected chi connectivity index (χ0v) is 11.7. The van der Waals surface area contributed by atoms with E-state index >= 15 is 0 Å². The minimum Gasteiger partial charge on any atom is -0.385 e. The first kappa shape index (κ1) is 13.9. The molecule has 1 fully saturated rings. The molecule has 0 spiro atoms. The van der Waals surface area contributed by atoms with Crippen LogP contribution in [0.5, 0.6) is 0 Å². The van der Waals surface area contributed by atoms with E-state index in [0.717, 1.165) is 12.2 Å². The molecule has 2 rings (SSSR count). The van der Waals surface area contributed by atoms with E-state index in [0.29, 0.717) is 12.0 Å². The minimum absolute atomic E-state index is 0.0498. The van der Waals surface area contributed by atoms with Crippen LogP contribution in [0.3, 0.4) is 0 Å². The second-order valence-electron chi connectivity index (χ2n) is 4.68. The summed E-state index contributed by atoms with van der Waals surface area (Å²) >= 11 is 0. The Morgan fingerprint density at radius 2 is 2.00 bits per heavy atom. The van der Waals surface area contributed by atoms with Crippen LogP contribution in [0.25, 0.3) is 0 Å². The average Bonchev–Trinajstić information content (AvgIpc) is 2.70. The maximum Gasteiger partial charge on any atom is 0.251 e. The summed E-state index contributed by atoms with van der Waals surface area (Å²) in [5.74, 6) is -0.00365. The third kappa shape index (κ3) is 3.70. The molecule has 0 bridgehead atoms. The van der Waals surface area contributed by atoms with Crippen LogP contribution < -0.4 is 10.6 Å². The van der Waals surface area contributed by atoms with Crippen molar-refractivity contribution < 1.29 is 13.2 Å². The highest BCUT2D eigenvalue weighted by Crippen LogP contribution is 2.13. The second-order valence-corrected chi connectivity index (χ2v) is 6.91. The molecule has 6 heteroatoms. The van der Waals surface area contributed by atoms with Crippen LogP contribution >= 0.6 is 0 Å². The van der Waals surface area contributed by atoms with E-state index in [-0.39, 0.29) is 23.5 Å². The Kier molecular flexibility index (Phi) is 4.09. The van der Waals surface area contributed by atoms with Gasteiger partial charge in [0, 0.05) is 23.8 Å². The first-order chi connectivity index (χ1) is 9.00. The van der Waals surface area contributed by atoms with Gasteiger partial charge in [0.25, 0.3) is 5.91 Å². The van der Waals surface area contributed by atoms with Gasteiger partial charge in [0.2, 0.25) is 0 Å². The second kappa shape index (κ2) is 5.61. The summed E-state index contributed by atoms with van der Waals surface area (Å²) in [6, 6.07) is 6.88. The summed E-state index contributed by atoms with van der Waals surface area (Å²) in [6.45, 7) is 2.83. The number of rotatable bonds is 4. The molecule has 1 unspecified atom stereocenters. The maximum absolute atomic E-state index is 12.0. The minimum atomic E-state index is -2.96. The standard InChI is InChI=1S/C13H18N2O3S/c1-2-14-11-5-3-10(4-6-11)13(16)15-12-7-8-19(17,18)9-12/h3-6,12,14H,2,7-9H2,1H3,(H,15,16). The summed E-state index contributed by atoms with van der Waals surface area (Å²) in [4.78, 5) is 12.0. The quantitative estimate of drug-likeness (QED) is 0.865. The number of carbonyl (C=O) groups excluding carboxylic acids is 1. The van der Waals surface area contributed by atoms with Crippen LogP contribution in [-0.4, -0.2) is 38.4 Å². The summed E-state index contributed by atoms with van der Waals surface area (Å²) in [7, 11) is -2.96. The molecule has 1 saturated heterocycles. The molecular formula is C13H18N2O3S. The van der Waals surface area contributed by atoms with Gasteiger partial charge in [0.1, 0.15) is 0 Å². The van der Waals surface area contributed by atoms with E-state index in [4.69, 9.17) is 0 Å². The monoisotopic (exact) mass is 282 g/mol. The largest absolute Gasteiger partial charge is 0.385 e. The molecular weight excluding hydrogens is 264 g/mol. The topological polar surface area (TPSA) is 75.3 Å². The number of amides is 1. The highest BCUT2D eigenvalue weighted by molar-refractivity contribution is 7.91. The van der Waals surface area contributed by atoms with E-state index in [2.05, 4.69) is 10.6 Å². The molecule has 1 aliphatic heterocycles. The van der Waals surface area contributed by atoms with Gasteiger partial charge < -0.3 is 10.6 Å². The summed E-state index contributed by atoms with van der Waals surface area (Å²) in [6.07, 6.45) is 0.504. The van der Waals surface area contributed by atoms with Gasteiger partial charge in [-0.2, -0.15) is 0 Å². The van der Waals surface area contributed by atoms with E-state index in [9.17, 15) is 13.2 Å². The summed E-state index contributed by atoms with van der Waals surface area (Å²) < 4.78 is 22.6. The Hall–Kier alpha value is -1.56. The first-order valence-corrected chi connectivity index (χ1v) is 8.17. The van der Waals surface area contributed by atoms with E-state index in [1.54, 1.807) is 12.1 Å². The molecule has 1 atom stereocenters. The van der Waals surface area contributed by atoms with Crippen LogP contribution in [-0.2, 0) is 9.84 Å². The van der Waals surface area contributed by atoms with Crippen LogP contribution in [0.4, 0.5) is 5.69 Å². The fraction of sp³-hybridized carbons (Fsp3) is 0.462. The molecule has 1 heterocycles. The van der Waals surface area contributed by atoms with Gasteiger partial charge in [-0.1, -0.05) is 0 Å². The van der Waals surface area contributed by atoms with Crippen molar-refractivity contribution >= 4 is 21.4 Å². The SMILES string of the molecule is CCNc1ccc(C(=O)NC2CCS(=O)(=O)C2)cc1. The van der Waals surface area contributed by atoms with E-state index in [1.165, 1.54) is 0 Å². The molecule has 2 N–H and O–H groups in total. The summed E-state index contributed by atoms with van der Waals surface area (Å²) in [5, 5.41) is 5.91. The molecule has 0 aromatic heterocycles. The van der Waals surface area contributed by atoms with Gasteiger partial charge in [-0.15, -0.1) is 0 Å². The Bertz CT molecular complexity index is 552. The molecule has 104 valence electrons. The third-order valence-electron chi connectivity index (χ3n) is 3.10. The van der Waals surface area contributed by atoms with Crippen molar-refractivity contribution in [2.24, 2.45) is 0 Å². The predicted octanol–water partition coefficient (Wildman–Crippen LogP) is 1.04. The fourth-order valence-electron chi connectivity index (χ4n) is 2.12. The van der Waals surface area contributed by atoms with Crippen LogP contribution in [0, 0.1) is 0 Å². The smallest absolute Gasteiger partial charge is 0.251 e. The lowest BCUT2D eigenvalue weighted by molar-refractivity contribution is 0.0941. The van der Waals surface area contributed by atoms with Crippen molar-refractivity contribution in [1.29, 1.82) is 0 Å². The highest BCUT2D eigenvalue weighted by atomic mass is 32.2. The van der Waals surface area contributed by atoms with Crippen molar-refractivity contribution in [2.75, 3.05) is 23.4 Å². The number of anilines is 1. The van der Waals surface area contributed by atoms with Crippen molar-refractivity contribution in [3.8, 4) is 0 Å². The van der Waals surface area contributed by atoms with Gasteiger partial charge in [-0.25, -0.2) is 8.42 Å². The normalized spacial score (nSPS) is 21.0. The van der Waals surface area contributed by atoms with Gasteiger partial charge in [0.05, 0.1) is 11.5 Å². The van der Waals surface area contributed by atoms with Gasteiger partial charge >= 0.3 is 0 Å². The van der Waals surface area contributed by atoms with Gasteiger partial charge in [-0.3, -0.25) is 4.79 Å². The van der Waals surface area contributed by atoms with Crippen LogP contribution in [0.1, 0.15) is 23.7 Å². The van der Waals surface area contributed by atoms with E-state index in [1.807, 2.05) is 19.1 Å². The molecule has 1 aliphatic rings. The summed E-state index contributed by atoms with van der Waals surface area (Å²) in [5.41, 5.74) is 1.51. The lowest BCUT2D eigenvalue weighted by Gasteiger charge is -2.11. The van der Waals surface area contributed by atoms with Crippen molar-refractivity contribution in [1.82, 2.24) is 5.32 Å². The number of hydrogen-bond donors (Lipinski definition) is 2. The molecule has 0 radical (unpaired) electrons. The number of hydrogen-bond acceptors (Lipinski definition) is 4. The molecule has 1 amide bonds. The average molecular weight is 282 g/mol. The maximum atomic E-state index is 12.0. The lowest BCUT2D eigenvalue weighted by Crippen LogP contribution is -2.35. The van der Waals surface area contributed by atoms with Gasteiger partial charge in [-0.05, 0) is 37.6 Å². The molecule has 1 aromatic carbocycles. The number of sulfone groups is 1. The van der Waals surface area contributed by atoms with Crippen molar-refractivity contribution in [3.05, 3.63) is 29.8 Å². The Morgan fingerprint density at radius 3 is 2.53 bits per heavy atom. The van der Waals surface area contributed by atoms with Crippen molar-refractivity contribution in [2.45, 2.75) is 19.4 Å². The highest BCUT2D eigenvalue weighted by Gasteiger charge is 2.29.